The predicted molar refractivity (Wildman–Crippen MR) is 216 cm³/mol. The molecule has 10 aromatic carbocycles. The van der Waals surface area contributed by atoms with Crippen molar-refractivity contribution in [1.29, 1.82) is 0 Å². The summed E-state index contributed by atoms with van der Waals surface area (Å²) in [5.41, 5.74) is 9.90. The van der Waals surface area contributed by atoms with E-state index in [0.29, 0.717) is 0 Å². The highest BCUT2D eigenvalue weighted by atomic mass is 14.2. The molecule has 0 spiro atoms. The fourth-order valence-electron chi connectivity index (χ4n) is 7.86. The molecule has 0 bridgehead atoms. The number of hydrogen-bond acceptors (Lipinski definition) is 0. The number of benzene rings is 10. The summed E-state index contributed by atoms with van der Waals surface area (Å²) < 4.78 is 0. The van der Waals surface area contributed by atoms with Crippen LogP contribution >= 0.6 is 0 Å². The second kappa shape index (κ2) is 11.6. The van der Waals surface area contributed by atoms with Crippen molar-refractivity contribution < 1.29 is 0 Å². The molecule has 0 radical (unpaired) electrons. The smallest absolute Gasteiger partial charge is 0.00926 e. The number of fused-ring (bicyclic) bond motifs is 7. The molecule has 50 heavy (non-hydrogen) atoms. The normalized spacial score (nSPS) is 11.6. The third-order valence-corrected chi connectivity index (χ3v) is 10.5. The lowest BCUT2D eigenvalue weighted by molar-refractivity contribution is 1.62. The topological polar surface area (TPSA) is 0 Å². The molecular weight excluding hydrogens is 601 g/mol. The SMILES string of the molecule is c1ccc2cc(-c3ccc(-c4cc5c6cccc(-c7ccc(-c8ccc9ccccc9c8)cc7)c6ccc5c5ccccc45)cc3)ccc2c1. The molecule has 0 aliphatic heterocycles. The predicted octanol–water partition coefficient (Wildman–Crippen LogP) is 14.1. The van der Waals surface area contributed by atoms with Gasteiger partial charge in [-0.2, -0.15) is 0 Å². The lowest BCUT2D eigenvalue weighted by atomic mass is 9.88. The summed E-state index contributed by atoms with van der Waals surface area (Å²) in [6, 6.07) is 71.4. The van der Waals surface area contributed by atoms with Crippen LogP contribution < -0.4 is 0 Å². The van der Waals surface area contributed by atoms with E-state index in [2.05, 4.69) is 194 Å². The van der Waals surface area contributed by atoms with Gasteiger partial charge in [-0.05, 0) is 117 Å². The summed E-state index contributed by atoms with van der Waals surface area (Å²) in [6.45, 7) is 0. The van der Waals surface area contributed by atoms with Crippen molar-refractivity contribution >= 4 is 53.9 Å². The maximum Gasteiger partial charge on any atom is -0.00926 e. The van der Waals surface area contributed by atoms with E-state index < -0.39 is 0 Å². The van der Waals surface area contributed by atoms with Crippen molar-refractivity contribution in [3.8, 4) is 44.5 Å². The molecule has 0 saturated carbocycles. The molecule has 0 nitrogen and oxygen atoms in total. The van der Waals surface area contributed by atoms with E-state index in [-0.39, 0.29) is 0 Å². The quantitative estimate of drug-likeness (QED) is 0.169. The van der Waals surface area contributed by atoms with Crippen LogP contribution in [0.5, 0.6) is 0 Å². The molecule has 10 aromatic rings. The second-order valence-electron chi connectivity index (χ2n) is 13.3. The molecule has 0 unspecified atom stereocenters. The van der Waals surface area contributed by atoms with Crippen LogP contribution in [-0.2, 0) is 0 Å². The van der Waals surface area contributed by atoms with E-state index in [9.17, 15) is 0 Å². The first-order valence-electron chi connectivity index (χ1n) is 17.3. The summed E-state index contributed by atoms with van der Waals surface area (Å²) in [6.07, 6.45) is 0. The Morgan fingerprint density at radius 3 is 1.20 bits per heavy atom. The highest BCUT2D eigenvalue weighted by Gasteiger charge is 2.13. The zero-order valence-electron chi connectivity index (χ0n) is 27.5. The third kappa shape index (κ3) is 4.77. The van der Waals surface area contributed by atoms with E-state index in [1.165, 1.54) is 98.4 Å². The highest BCUT2D eigenvalue weighted by Crippen LogP contribution is 2.41. The Hall–Kier alpha value is -6.50. The van der Waals surface area contributed by atoms with Gasteiger partial charge in [0.1, 0.15) is 0 Å². The maximum absolute atomic E-state index is 2.41. The van der Waals surface area contributed by atoms with E-state index in [4.69, 9.17) is 0 Å². The van der Waals surface area contributed by atoms with Gasteiger partial charge in [-0.15, -0.1) is 0 Å². The summed E-state index contributed by atoms with van der Waals surface area (Å²) >= 11 is 0. The fourth-order valence-corrected chi connectivity index (χ4v) is 7.86. The van der Waals surface area contributed by atoms with Gasteiger partial charge in [0.15, 0.2) is 0 Å². The summed E-state index contributed by atoms with van der Waals surface area (Å²) in [5.74, 6) is 0. The van der Waals surface area contributed by atoms with Crippen LogP contribution in [0.4, 0.5) is 0 Å². The Morgan fingerprint density at radius 2 is 0.580 bits per heavy atom. The summed E-state index contributed by atoms with van der Waals surface area (Å²) in [5, 5.41) is 12.7. The van der Waals surface area contributed by atoms with Crippen LogP contribution in [-0.4, -0.2) is 0 Å². The third-order valence-electron chi connectivity index (χ3n) is 10.5. The zero-order chi connectivity index (χ0) is 33.0. The fraction of sp³-hybridized carbons (Fsp3) is 0. The molecule has 0 heterocycles. The molecular formula is C50H32. The monoisotopic (exact) mass is 632 g/mol. The van der Waals surface area contributed by atoms with Gasteiger partial charge in [0.25, 0.3) is 0 Å². The molecule has 0 aliphatic carbocycles. The Morgan fingerprint density at radius 1 is 0.180 bits per heavy atom. The van der Waals surface area contributed by atoms with Crippen molar-refractivity contribution in [2.24, 2.45) is 0 Å². The number of rotatable bonds is 4. The van der Waals surface area contributed by atoms with Crippen molar-refractivity contribution in [3.63, 3.8) is 0 Å². The molecule has 232 valence electrons. The van der Waals surface area contributed by atoms with Crippen LogP contribution in [0.25, 0.3) is 98.4 Å². The first-order valence-corrected chi connectivity index (χ1v) is 17.3. The van der Waals surface area contributed by atoms with Crippen molar-refractivity contribution in [2.45, 2.75) is 0 Å². The Balaban J connectivity index is 1.07. The van der Waals surface area contributed by atoms with Crippen molar-refractivity contribution in [3.05, 3.63) is 194 Å². The summed E-state index contributed by atoms with van der Waals surface area (Å²) in [7, 11) is 0. The first-order chi connectivity index (χ1) is 24.8. The van der Waals surface area contributed by atoms with Crippen LogP contribution in [0, 0.1) is 0 Å². The molecule has 0 aromatic heterocycles. The molecule has 0 heteroatoms. The molecule has 0 fully saturated rings. The molecule has 0 atom stereocenters. The zero-order valence-corrected chi connectivity index (χ0v) is 27.5. The van der Waals surface area contributed by atoms with E-state index in [1.54, 1.807) is 0 Å². The van der Waals surface area contributed by atoms with Crippen LogP contribution in [0.1, 0.15) is 0 Å². The van der Waals surface area contributed by atoms with Crippen LogP contribution in [0.3, 0.4) is 0 Å². The van der Waals surface area contributed by atoms with Gasteiger partial charge in [-0.1, -0.05) is 176 Å². The van der Waals surface area contributed by atoms with Crippen molar-refractivity contribution in [2.75, 3.05) is 0 Å². The minimum absolute atomic E-state index is 1.23. The van der Waals surface area contributed by atoms with Gasteiger partial charge in [0, 0.05) is 0 Å². The Bertz CT molecular complexity index is 2890. The van der Waals surface area contributed by atoms with Gasteiger partial charge >= 0.3 is 0 Å². The van der Waals surface area contributed by atoms with Crippen LogP contribution in [0.2, 0.25) is 0 Å². The van der Waals surface area contributed by atoms with E-state index in [1.807, 2.05) is 0 Å². The van der Waals surface area contributed by atoms with Crippen LogP contribution in [0.15, 0.2) is 194 Å². The van der Waals surface area contributed by atoms with Gasteiger partial charge < -0.3 is 0 Å². The highest BCUT2D eigenvalue weighted by molar-refractivity contribution is 6.22. The largest absolute Gasteiger partial charge is 0.0616 e. The summed E-state index contributed by atoms with van der Waals surface area (Å²) in [4.78, 5) is 0. The van der Waals surface area contributed by atoms with Gasteiger partial charge in [0.05, 0.1) is 0 Å². The Kier molecular flexibility index (Phi) is 6.60. The molecule has 0 N–H and O–H groups in total. The van der Waals surface area contributed by atoms with E-state index >= 15 is 0 Å². The lowest BCUT2D eigenvalue weighted by Gasteiger charge is -2.15. The average Bonchev–Trinajstić information content (AvgIpc) is 3.20. The second-order valence-corrected chi connectivity index (χ2v) is 13.3. The van der Waals surface area contributed by atoms with Gasteiger partial charge in [-0.3, -0.25) is 0 Å². The standard InChI is InChI=1S/C50H32/c1-3-10-39-30-41(26-20-33(39)8-1)35-16-22-37(23-17-35)43-14-7-15-46-47(43)28-29-48-44-12-5-6-13-45(44)49(32-50(46)48)38-24-18-36(19-25-38)42-27-21-34-9-2-4-11-40(34)31-42/h1-32H. The van der Waals surface area contributed by atoms with Crippen molar-refractivity contribution in [1.82, 2.24) is 0 Å². The minimum atomic E-state index is 1.23. The number of hydrogen-bond donors (Lipinski definition) is 0. The van der Waals surface area contributed by atoms with Gasteiger partial charge in [-0.25, -0.2) is 0 Å². The molecule has 0 amide bonds. The molecule has 0 aliphatic rings. The Labute approximate surface area is 291 Å². The minimum Gasteiger partial charge on any atom is -0.0616 e. The lowest BCUT2D eigenvalue weighted by Crippen LogP contribution is -1.88. The molecule has 10 rings (SSSR count). The average molecular weight is 633 g/mol. The molecule has 0 saturated heterocycles. The first kappa shape index (κ1) is 28.5. The van der Waals surface area contributed by atoms with E-state index in [0.717, 1.165) is 0 Å². The maximum atomic E-state index is 2.41. The van der Waals surface area contributed by atoms with Gasteiger partial charge in [0.2, 0.25) is 0 Å².